The van der Waals surface area contributed by atoms with E-state index in [-0.39, 0.29) is 5.97 Å². The van der Waals surface area contributed by atoms with Crippen LogP contribution in [0.2, 0.25) is 0 Å². The van der Waals surface area contributed by atoms with Crippen LogP contribution >= 0.6 is 0 Å². The van der Waals surface area contributed by atoms with Crippen LogP contribution in [0.1, 0.15) is 56.9 Å². The number of benzene rings is 1. The number of carbonyl (C=O) groups is 1. The van der Waals surface area contributed by atoms with E-state index in [9.17, 15) is 9.90 Å². The molecule has 1 rings (SSSR count). The Bertz CT molecular complexity index is 455. The number of carbonyl (C=O) groups excluding carboxylic acids is 1. The lowest BCUT2D eigenvalue weighted by atomic mass is 9.91. The minimum atomic E-state index is -0.640. The molecule has 0 aromatic heterocycles. The lowest BCUT2D eigenvalue weighted by Gasteiger charge is -2.20. The maximum atomic E-state index is 12.0. The zero-order valence-electron chi connectivity index (χ0n) is 15.0. The van der Waals surface area contributed by atoms with Crippen molar-refractivity contribution in [1.29, 1.82) is 0 Å². The summed E-state index contributed by atoms with van der Waals surface area (Å²) in [5.74, 6) is -0.700. The maximum Gasteiger partial charge on any atom is 0.311 e. The number of unbranched alkanes of at least 4 members (excludes halogenated alkanes) is 5. The van der Waals surface area contributed by atoms with Gasteiger partial charge in [0.1, 0.15) is 0 Å². The van der Waals surface area contributed by atoms with Gasteiger partial charge in [-0.2, -0.15) is 0 Å². The second kappa shape index (κ2) is 12.8. The highest BCUT2D eigenvalue weighted by molar-refractivity contribution is 5.72. The highest BCUT2D eigenvalue weighted by Crippen LogP contribution is 2.20. The number of aliphatic hydroxyl groups is 1. The molecule has 1 aromatic rings. The summed E-state index contributed by atoms with van der Waals surface area (Å²) in [6.45, 7) is 3.73. The minimum Gasteiger partial charge on any atom is -0.469 e. The molecular formula is C21H32O3. The molecule has 24 heavy (non-hydrogen) atoms. The Kier molecular flexibility index (Phi) is 10.9. The van der Waals surface area contributed by atoms with E-state index in [1.807, 2.05) is 36.4 Å². The highest BCUT2D eigenvalue weighted by Gasteiger charge is 2.26. The average molecular weight is 332 g/mol. The molecule has 2 unspecified atom stereocenters. The summed E-state index contributed by atoms with van der Waals surface area (Å²) >= 11 is 0. The van der Waals surface area contributed by atoms with Gasteiger partial charge in [0.15, 0.2) is 0 Å². The number of hydrogen-bond acceptors (Lipinski definition) is 3. The van der Waals surface area contributed by atoms with Gasteiger partial charge in [0.25, 0.3) is 0 Å². The SMILES string of the molecule is C=CCCCCCCCC(C(=O)OC)C(O)CCc1ccccc1. The van der Waals surface area contributed by atoms with Crippen LogP contribution in [0.3, 0.4) is 0 Å². The van der Waals surface area contributed by atoms with Crippen LogP contribution in [0.4, 0.5) is 0 Å². The first-order valence-electron chi connectivity index (χ1n) is 9.09. The average Bonchev–Trinajstić information content (AvgIpc) is 2.62. The summed E-state index contributed by atoms with van der Waals surface area (Å²) in [7, 11) is 1.40. The number of esters is 1. The molecule has 0 heterocycles. The van der Waals surface area contributed by atoms with Crippen LogP contribution < -0.4 is 0 Å². The Hall–Kier alpha value is -1.61. The maximum absolute atomic E-state index is 12.0. The first-order valence-corrected chi connectivity index (χ1v) is 9.09. The molecule has 0 aliphatic heterocycles. The van der Waals surface area contributed by atoms with Crippen molar-refractivity contribution in [3.63, 3.8) is 0 Å². The van der Waals surface area contributed by atoms with Gasteiger partial charge in [0.05, 0.1) is 19.1 Å². The topological polar surface area (TPSA) is 46.5 Å². The Morgan fingerprint density at radius 1 is 1.12 bits per heavy atom. The molecule has 1 N–H and O–H groups in total. The minimum absolute atomic E-state index is 0.290. The van der Waals surface area contributed by atoms with Crippen molar-refractivity contribution >= 4 is 5.97 Å². The zero-order valence-corrected chi connectivity index (χ0v) is 15.0. The third kappa shape index (κ3) is 8.30. The Morgan fingerprint density at radius 3 is 2.46 bits per heavy atom. The predicted octanol–water partition coefficient (Wildman–Crippen LogP) is 4.69. The first kappa shape index (κ1) is 20.4. The Balaban J connectivity index is 2.34. The molecule has 0 aliphatic rings. The van der Waals surface area contributed by atoms with E-state index in [1.54, 1.807) is 0 Å². The summed E-state index contributed by atoms with van der Waals surface area (Å²) in [4.78, 5) is 12.0. The van der Waals surface area contributed by atoms with Gasteiger partial charge in [-0.15, -0.1) is 6.58 Å². The van der Waals surface area contributed by atoms with E-state index in [0.29, 0.717) is 12.8 Å². The van der Waals surface area contributed by atoms with E-state index >= 15 is 0 Å². The predicted molar refractivity (Wildman–Crippen MR) is 98.8 cm³/mol. The number of hydrogen-bond donors (Lipinski definition) is 1. The molecule has 0 spiro atoms. The molecule has 2 atom stereocenters. The summed E-state index contributed by atoms with van der Waals surface area (Å²) in [5.41, 5.74) is 1.18. The third-order valence-corrected chi connectivity index (χ3v) is 4.46. The summed E-state index contributed by atoms with van der Waals surface area (Å²) in [6, 6.07) is 10.1. The Labute approximate surface area is 146 Å². The number of ether oxygens (including phenoxy) is 1. The van der Waals surface area contributed by atoms with Crippen LogP contribution in [0.25, 0.3) is 0 Å². The summed E-state index contributed by atoms with van der Waals surface area (Å²) < 4.78 is 4.89. The lowest BCUT2D eigenvalue weighted by molar-refractivity contribution is -0.150. The summed E-state index contributed by atoms with van der Waals surface area (Å²) in [5, 5.41) is 10.4. The van der Waals surface area contributed by atoms with E-state index in [0.717, 1.165) is 25.7 Å². The van der Waals surface area contributed by atoms with Crippen molar-refractivity contribution in [2.45, 2.75) is 63.9 Å². The molecule has 1 aromatic carbocycles. The molecule has 0 radical (unpaired) electrons. The van der Waals surface area contributed by atoms with Crippen molar-refractivity contribution in [2.24, 2.45) is 5.92 Å². The van der Waals surface area contributed by atoms with Gasteiger partial charge < -0.3 is 9.84 Å². The molecule has 0 aliphatic carbocycles. The van der Waals surface area contributed by atoms with Crippen LogP contribution in [-0.4, -0.2) is 24.3 Å². The van der Waals surface area contributed by atoms with Gasteiger partial charge in [-0.1, -0.05) is 62.1 Å². The monoisotopic (exact) mass is 332 g/mol. The van der Waals surface area contributed by atoms with Crippen LogP contribution in [0.5, 0.6) is 0 Å². The van der Waals surface area contributed by atoms with Gasteiger partial charge in [0.2, 0.25) is 0 Å². The standard InChI is InChI=1S/C21H32O3/c1-3-4-5-6-7-8-12-15-19(21(23)24-2)20(22)17-16-18-13-10-9-11-14-18/h3,9-11,13-14,19-20,22H,1,4-8,12,15-17H2,2H3. The van der Waals surface area contributed by atoms with Gasteiger partial charge in [0, 0.05) is 0 Å². The highest BCUT2D eigenvalue weighted by atomic mass is 16.5. The smallest absolute Gasteiger partial charge is 0.311 e. The van der Waals surface area contributed by atoms with E-state index in [4.69, 9.17) is 4.74 Å². The van der Waals surface area contributed by atoms with Crippen LogP contribution in [-0.2, 0) is 16.0 Å². The number of methoxy groups -OCH3 is 1. The number of aryl methyl sites for hydroxylation is 1. The van der Waals surface area contributed by atoms with E-state index < -0.39 is 12.0 Å². The van der Waals surface area contributed by atoms with Crippen molar-refractivity contribution in [2.75, 3.05) is 7.11 Å². The van der Waals surface area contributed by atoms with E-state index in [1.165, 1.54) is 31.9 Å². The second-order valence-corrected chi connectivity index (χ2v) is 6.36. The molecular weight excluding hydrogens is 300 g/mol. The molecule has 0 fully saturated rings. The molecule has 134 valence electrons. The van der Waals surface area contributed by atoms with Crippen molar-refractivity contribution in [3.05, 3.63) is 48.6 Å². The van der Waals surface area contributed by atoms with Crippen LogP contribution in [0.15, 0.2) is 43.0 Å². The molecule has 0 bridgehead atoms. The van der Waals surface area contributed by atoms with Crippen molar-refractivity contribution in [1.82, 2.24) is 0 Å². The normalized spacial score (nSPS) is 13.2. The summed E-state index contributed by atoms with van der Waals surface area (Å²) in [6.07, 6.45) is 10.0. The number of aliphatic hydroxyl groups excluding tert-OH is 1. The lowest BCUT2D eigenvalue weighted by Crippen LogP contribution is -2.29. The fraction of sp³-hybridized carbons (Fsp3) is 0.571. The van der Waals surface area contributed by atoms with Gasteiger partial charge in [-0.05, 0) is 37.7 Å². The first-order chi connectivity index (χ1) is 11.7. The van der Waals surface area contributed by atoms with Gasteiger partial charge in [-0.25, -0.2) is 0 Å². The molecule has 3 heteroatoms. The quantitative estimate of drug-likeness (QED) is 0.324. The molecule has 3 nitrogen and oxygen atoms in total. The second-order valence-electron chi connectivity index (χ2n) is 6.36. The molecule has 0 saturated heterocycles. The zero-order chi connectivity index (χ0) is 17.6. The molecule has 0 amide bonds. The van der Waals surface area contributed by atoms with Gasteiger partial charge in [-0.3, -0.25) is 4.79 Å². The number of allylic oxidation sites excluding steroid dienone is 1. The largest absolute Gasteiger partial charge is 0.469 e. The number of rotatable bonds is 13. The Morgan fingerprint density at radius 2 is 1.79 bits per heavy atom. The van der Waals surface area contributed by atoms with E-state index in [2.05, 4.69) is 6.58 Å². The van der Waals surface area contributed by atoms with Gasteiger partial charge >= 0.3 is 5.97 Å². The van der Waals surface area contributed by atoms with Crippen molar-refractivity contribution in [3.8, 4) is 0 Å². The van der Waals surface area contributed by atoms with Crippen LogP contribution in [0, 0.1) is 5.92 Å². The fourth-order valence-corrected chi connectivity index (χ4v) is 2.96. The third-order valence-electron chi connectivity index (χ3n) is 4.46. The molecule has 0 saturated carbocycles. The van der Waals surface area contributed by atoms with Crippen molar-refractivity contribution < 1.29 is 14.6 Å². The fourth-order valence-electron chi connectivity index (χ4n) is 2.96.